The lowest BCUT2D eigenvalue weighted by Gasteiger charge is -2.10. The van der Waals surface area contributed by atoms with Gasteiger partial charge >= 0.3 is 5.97 Å². The minimum atomic E-state index is -0.837. The molecule has 0 fully saturated rings. The molecule has 0 amide bonds. The molecule has 4 rings (SSSR count). The first-order chi connectivity index (χ1) is 15.9. The number of carbonyl (C=O) groups is 1. The zero-order valence-corrected chi connectivity index (χ0v) is 19.7. The molecule has 3 aromatic carbocycles. The smallest absolute Gasteiger partial charge is 0.303 e. The van der Waals surface area contributed by atoms with E-state index in [2.05, 4.69) is 26.2 Å². The number of nitrogens with zero attached hydrogens (tertiary/aromatic N) is 1. The fraction of sp³-hybridized carbons (Fsp3) is 0.154. The molecule has 0 unspecified atom stereocenters. The molecule has 0 saturated heterocycles. The van der Waals surface area contributed by atoms with Gasteiger partial charge in [0, 0.05) is 28.4 Å². The number of hydrogen-bond acceptors (Lipinski definition) is 4. The normalized spacial score (nSPS) is 11.8. The Kier molecular flexibility index (Phi) is 6.91. The van der Waals surface area contributed by atoms with Gasteiger partial charge in [-0.2, -0.15) is 0 Å². The second-order valence-corrected chi connectivity index (χ2v) is 8.71. The molecule has 0 radical (unpaired) electrons. The maximum atomic E-state index is 11.0. The molecular weight excluding hydrogens is 482 g/mol. The van der Waals surface area contributed by atoms with Crippen molar-refractivity contribution in [2.45, 2.75) is 19.4 Å². The molecule has 33 heavy (non-hydrogen) atoms. The summed E-state index contributed by atoms with van der Waals surface area (Å²) in [6, 6.07) is 21.4. The summed E-state index contributed by atoms with van der Waals surface area (Å²) in [6.45, 7) is 0.764. The van der Waals surface area contributed by atoms with Crippen molar-refractivity contribution in [2.75, 3.05) is 7.05 Å². The number of aryl methyl sites for hydroxylation is 1. The number of aliphatic imine (C=N–C) groups is 1. The maximum Gasteiger partial charge on any atom is 0.303 e. The van der Waals surface area contributed by atoms with Gasteiger partial charge < -0.3 is 20.5 Å². The largest absolute Gasteiger partial charge is 0.494 e. The van der Waals surface area contributed by atoms with Crippen LogP contribution in [0.5, 0.6) is 5.88 Å². The third kappa shape index (κ3) is 5.32. The van der Waals surface area contributed by atoms with Gasteiger partial charge in [-0.1, -0.05) is 52.3 Å². The van der Waals surface area contributed by atoms with E-state index in [0.717, 1.165) is 44.3 Å². The van der Waals surface area contributed by atoms with Gasteiger partial charge in [-0.3, -0.25) is 4.79 Å². The highest BCUT2D eigenvalue weighted by Gasteiger charge is 2.19. The van der Waals surface area contributed by atoms with Crippen LogP contribution in [0.4, 0.5) is 5.69 Å². The number of nitrogens with one attached hydrogen (secondary N) is 2. The third-order valence-corrected chi connectivity index (χ3v) is 5.86. The molecule has 0 saturated carbocycles. The van der Waals surface area contributed by atoms with Crippen LogP contribution in [0.15, 0.2) is 76.2 Å². The maximum absolute atomic E-state index is 11.0. The first-order valence-corrected chi connectivity index (χ1v) is 11.4. The lowest BCUT2D eigenvalue weighted by molar-refractivity contribution is -0.136. The van der Waals surface area contributed by atoms with Crippen molar-refractivity contribution in [1.29, 1.82) is 0 Å². The Balaban J connectivity index is 1.86. The fourth-order valence-corrected chi connectivity index (χ4v) is 4.17. The lowest BCUT2D eigenvalue weighted by atomic mass is 9.97. The van der Waals surface area contributed by atoms with Gasteiger partial charge in [0.25, 0.3) is 0 Å². The summed E-state index contributed by atoms with van der Waals surface area (Å²) in [6.07, 6.45) is 0.469. The molecule has 0 aliphatic carbocycles. The summed E-state index contributed by atoms with van der Waals surface area (Å²) in [5, 5.41) is 23.9. The second kappa shape index (κ2) is 10.0. The van der Waals surface area contributed by atoms with Gasteiger partial charge in [0.2, 0.25) is 0 Å². The van der Waals surface area contributed by atoms with Crippen molar-refractivity contribution in [3.05, 3.63) is 93.5 Å². The monoisotopic (exact) mass is 505 g/mol. The Morgan fingerprint density at radius 2 is 1.85 bits per heavy atom. The molecule has 0 bridgehead atoms. The van der Waals surface area contributed by atoms with Gasteiger partial charge in [0.05, 0.1) is 22.5 Å². The summed E-state index contributed by atoms with van der Waals surface area (Å²) in [7, 11) is 1.90. The first kappa shape index (κ1) is 22.8. The van der Waals surface area contributed by atoms with Crippen molar-refractivity contribution < 1.29 is 15.0 Å². The number of carboxylic acid groups (broad SMARTS) is 1. The van der Waals surface area contributed by atoms with Crippen LogP contribution >= 0.6 is 15.9 Å². The highest BCUT2D eigenvalue weighted by molar-refractivity contribution is 9.10. The number of carboxylic acids is 1. The highest BCUT2D eigenvalue weighted by atomic mass is 79.9. The van der Waals surface area contributed by atoms with Crippen molar-refractivity contribution in [1.82, 2.24) is 10.3 Å². The summed E-state index contributed by atoms with van der Waals surface area (Å²) in [5.41, 5.74) is 5.60. The Bertz CT molecular complexity index is 1330. The number of halogens is 1. The zero-order chi connectivity index (χ0) is 23.4. The van der Waals surface area contributed by atoms with E-state index in [-0.39, 0.29) is 12.3 Å². The summed E-state index contributed by atoms with van der Waals surface area (Å²) in [5.74, 6) is -0.805. The standard InChI is InChI=1S/C26H24BrN3O3/c1-28-15-17-5-9-20(10-6-17)29-25(18-4-2-3-16(13-18)7-12-23(31)32)24-21-11-8-19(27)14-22(21)30-26(24)33/h2-6,8-11,13-14,28,30,33H,7,12,15H2,1H3,(H,31,32). The van der Waals surface area contributed by atoms with E-state index in [1.54, 1.807) is 0 Å². The minimum Gasteiger partial charge on any atom is -0.494 e. The van der Waals surface area contributed by atoms with Crippen LogP contribution in [0.1, 0.15) is 28.7 Å². The van der Waals surface area contributed by atoms with Gasteiger partial charge in [0.1, 0.15) is 0 Å². The predicted molar refractivity (Wildman–Crippen MR) is 135 cm³/mol. The third-order valence-electron chi connectivity index (χ3n) is 5.36. The topological polar surface area (TPSA) is 97.7 Å². The van der Waals surface area contributed by atoms with Crippen molar-refractivity contribution >= 4 is 44.2 Å². The van der Waals surface area contributed by atoms with Crippen LogP contribution in [-0.2, 0) is 17.8 Å². The molecule has 0 atom stereocenters. The Morgan fingerprint density at radius 1 is 1.06 bits per heavy atom. The number of aromatic nitrogens is 1. The first-order valence-electron chi connectivity index (χ1n) is 10.6. The van der Waals surface area contributed by atoms with E-state index < -0.39 is 5.97 Å². The average molecular weight is 506 g/mol. The van der Waals surface area contributed by atoms with Gasteiger partial charge in [-0.15, -0.1) is 0 Å². The predicted octanol–water partition coefficient (Wildman–Crippen LogP) is 5.54. The molecule has 168 valence electrons. The van der Waals surface area contributed by atoms with E-state index in [4.69, 9.17) is 10.1 Å². The highest BCUT2D eigenvalue weighted by Crippen LogP contribution is 2.33. The van der Waals surface area contributed by atoms with Crippen LogP contribution in [0.3, 0.4) is 0 Å². The zero-order valence-electron chi connectivity index (χ0n) is 18.1. The van der Waals surface area contributed by atoms with Crippen LogP contribution in [-0.4, -0.2) is 33.9 Å². The molecule has 6 nitrogen and oxygen atoms in total. The molecule has 7 heteroatoms. The van der Waals surface area contributed by atoms with E-state index in [1.165, 1.54) is 0 Å². The Morgan fingerprint density at radius 3 is 2.58 bits per heavy atom. The van der Waals surface area contributed by atoms with E-state index in [9.17, 15) is 9.90 Å². The number of H-pyrrole nitrogens is 1. The van der Waals surface area contributed by atoms with Crippen LogP contribution in [0.25, 0.3) is 10.9 Å². The number of benzene rings is 3. The SMILES string of the molecule is CNCc1ccc(N=C(c2cccc(CCC(=O)O)c2)c2c(O)[nH]c3cc(Br)ccc23)cc1. The number of aromatic hydroxyl groups is 1. The van der Waals surface area contributed by atoms with Crippen LogP contribution in [0, 0.1) is 0 Å². The van der Waals surface area contributed by atoms with Crippen molar-refractivity contribution in [2.24, 2.45) is 4.99 Å². The number of hydrogen-bond donors (Lipinski definition) is 4. The number of aliphatic carboxylic acids is 1. The average Bonchev–Trinajstić information content (AvgIpc) is 3.12. The number of rotatable bonds is 8. The molecule has 4 N–H and O–H groups in total. The number of fused-ring (bicyclic) bond motifs is 1. The molecule has 4 aromatic rings. The van der Waals surface area contributed by atoms with E-state index in [0.29, 0.717) is 17.7 Å². The molecule has 1 heterocycles. The van der Waals surface area contributed by atoms with Gasteiger partial charge in [-0.05, 0) is 54.9 Å². The second-order valence-electron chi connectivity index (χ2n) is 7.79. The van der Waals surface area contributed by atoms with Crippen molar-refractivity contribution in [3.63, 3.8) is 0 Å². The van der Waals surface area contributed by atoms with Crippen molar-refractivity contribution in [3.8, 4) is 5.88 Å². The minimum absolute atomic E-state index is 0.0320. The van der Waals surface area contributed by atoms with E-state index >= 15 is 0 Å². The quantitative estimate of drug-likeness (QED) is 0.236. The molecule has 0 aliphatic rings. The van der Waals surface area contributed by atoms with Crippen LogP contribution < -0.4 is 5.32 Å². The Labute approximate surface area is 200 Å². The van der Waals surface area contributed by atoms with Gasteiger partial charge in [0.15, 0.2) is 5.88 Å². The fourth-order valence-electron chi connectivity index (χ4n) is 3.81. The lowest BCUT2D eigenvalue weighted by Crippen LogP contribution is -2.05. The van der Waals surface area contributed by atoms with E-state index in [1.807, 2.05) is 73.8 Å². The summed E-state index contributed by atoms with van der Waals surface area (Å²) >= 11 is 3.47. The van der Waals surface area contributed by atoms with Crippen LogP contribution in [0.2, 0.25) is 0 Å². The van der Waals surface area contributed by atoms with Gasteiger partial charge in [-0.25, -0.2) is 4.99 Å². The molecule has 0 spiro atoms. The molecule has 0 aliphatic heterocycles. The molecule has 1 aromatic heterocycles. The summed E-state index contributed by atoms with van der Waals surface area (Å²) in [4.78, 5) is 19.0. The molecular formula is C26H24BrN3O3. The Hall–Kier alpha value is -3.42. The number of aromatic amines is 1. The summed E-state index contributed by atoms with van der Waals surface area (Å²) < 4.78 is 0.900.